The largest absolute Gasteiger partial charge is 0.378 e. The Morgan fingerprint density at radius 3 is 2.46 bits per heavy atom. The highest BCUT2D eigenvalue weighted by molar-refractivity contribution is 6.06. The molecule has 2 amide bonds. The Labute approximate surface area is 236 Å². The molecule has 0 spiro atoms. The van der Waals surface area contributed by atoms with Crippen LogP contribution >= 0.6 is 0 Å². The first-order valence-electron chi connectivity index (χ1n) is 13.4. The summed E-state index contributed by atoms with van der Waals surface area (Å²) in [7, 11) is 1.68. The van der Waals surface area contributed by atoms with Crippen molar-refractivity contribution in [3.8, 4) is 11.3 Å². The number of benzene rings is 2. The van der Waals surface area contributed by atoms with Crippen LogP contribution in [0.25, 0.3) is 11.3 Å². The van der Waals surface area contributed by atoms with Crippen molar-refractivity contribution in [1.29, 1.82) is 0 Å². The number of carbonyl (C=O) groups is 2. The average Bonchev–Trinajstić information content (AvgIpc) is 3.44. The summed E-state index contributed by atoms with van der Waals surface area (Å²) in [5.41, 5.74) is 5.18. The average molecular weight is 552 g/mol. The number of morpholine rings is 1. The van der Waals surface area contributed by atoms with E-state index in [1.165, 1.54) is 10.8 Å². The van der Waals surface area contributed by atoms with Crippen LogP contribution < -0.4 is 15.8 Å². The maximum Gasteiger partial charge on any atom is 0.293 e. The number of ether oxygens (including phenoxy) is 1. The normalized spacial score (nSPS) is 14.6. The van der Waals surface area contributed by atoms with E-state index in [4.69, 9.17) is 4.74 Å². The van der Waals surface area contributed by atoms with Gasteiger partial charge in [-0.25, -0.2) is 9.97 Å². The molecule has 0 atom stereocenters. The standard InChI is InChI=1S/C30H29N7O4/c1-19-16-32-24(17-31-19)29(39)37-11-10-23-22(4-3-5-26(23)37)25-18-35(2)30(40)27(34-25)33-21-8-6-20(7-9-21)28(38)36-12-14-41-15-13-36/h3-9,16-18H,10-15H2,1-2H3,(H,33,34). The summed E-state index contributed by atoms with van der Waals surface area (Å²) in [5, 5.41) is 3.12. The number of anilines is 3. The van der Waals surface area contributed by atoms with E-state index in [0.717, 1.165) is 22.5 Å². The number of aryl methyl sites for hydroxylation is 2. The molecule has 0 aliphatic carbocycles. The lowest BCUT2D eigenvalue weighted by Gasteiger charge is -2.26. The van der Waals surface area contributed by atoms with Crippen LogP contribution in [0.4, 0.5) is 17.2 Å². The summed E-state index contributed by atoms with van der Waals surface area (Å²) in [6.45, 7) is 4.55. The van der Waals surface area contributed by atoms with Gasteiger partial charge >= 0.3 is 0 Å². The fraction of sp³-hybridized carbons (Fsp3) is 0.267. The molecule has 1 saturated heterocycles. The van der Waals surface area contributed by atoms with Gasteiger partial charge in [-0.3, -0.25) is 19.4 Å². The molecule has 208 valence electrons. The zero-order valence-corrected chi connectivity index (χ0v) is 22.8. The lowest BCUT2D eigenvalue weighted by Crippen LogP contribution is -2.40. The van der Waals surface area contributed by atoms with Crippen molar-refractivity contribution in [3.05, 3.63) is 93.9 Å². The van der Waals surface area contributed by atoms with Crippen LogP contribution in [0.15, 0.2) is 65.8 Å². The molecule has 2 aliphatic heterocycles. The Hall–Kier alpha value is -4.90. The first kappa shape index (κ1) is 26.3. The van der Waals surface area contributed by atoms with Crippen molar-refractivity contribution >= 4 is 29.0 Å². The van der Waals surface area contributed by atoms with Crippen LogP contribution in [-0.4, -0.2) is 69.1 Å². The monoisotopic (exact) mass is 551 g/mol. The van der Waals surface area contributed by atoms with E-state index in [9.17, 15) is 14.4 Å². The zero-order chi connectivity index (χ0) is 28.5. The summed E-state index contributed by atoms with van der Waals surface area (Å²) in [5.74, 6) is -0.0915. The van der Waals surface area contributed by atoms with Gasteiger partial charge in [0.1, 0.15) is 5.69 Å². The number of nitrogens with one attached hydrogen (secondary N) is 1. The predicted molar refractivity (Wildman–Crippen MR) is 154 cm³/mol. The van der Waals surface area contributed by atoms with Gasteiger partial charge in [0.05, 0.1) is 30.8 Å². The van der Waals surface area contributed by atoms with Crippen molar-refractivity contribution in [2.45, 2.75) is 13.3 Å². The molecule has 1 fully saturated rings. The summed E-state index contributed by atoms with van der Waals surface area (Å²) < 4.78 is 6.82. The van der Waals surface area contributed by atoms with Gasteiger partial charge in [-0.2, -0.15) is 0 Å². The second-order valence-electron chi connectivity index (χ2n) is 10.1. The predicted octanol–water partition coefficient (Wildman–Crippen LogP) is 2.96. The number of rotatable bonds is 5. The minimum absolute atomic E-state index is 0.0456. The molecule has 0 unspecified atom stereocenters. The smallest absolute Gasteiger partial charge is 0.293 e. The number of aromatic nitrogens is 4. The second-order valence-corrected chi connectivity index (χ2v) is 10.1. The zero-order valence-electron chi connectivity index (χ0n) is 22.8. The van der Waals surface area contributed by atoms with Crippen molar-refractivity contribution in [2.24, 2.45) is 7.05 Å². The van der Waals surface area contributed by atoms with Gasteiger partial charge in [0.2, 0.25) is 0 Å². The van der Waals surface area contributed by atoms with Crippen LogP contribution in [0, 0.1) is 6.92 Å². The molecule has 2 aromatic carbocycles. The van der Waals surface area contributed by atoms with Gasteiger partial charge in [0.15, 0.2) is 5.82 Å². The van der Waals surface area contributed by atoms with Gasteiger partial charge in [-0.05, 0) is 49.2 Å². The number of hydrogen-bond acceptors (Lipinski definition) is 8. The number of fused-ring (bicyclic) bond motifs is 1. The van der Waals surface area contributed by atoms with Gasteiger partial charge in [-0.1, -0.05) is 12.1 Å². The quantitative estimate of drug-likeness (QED) is 0.402. The summed E-state index contributed by atoms with van der Waals surface area (Å²) >= 11 is 0. The highest BCUT2D eigenvalue weighted by atomic mass is 16.5. The minimum atomic E-state index is -0.287. The van der Waals surface area contributed by atoms with E-state index in [2.05, 4.69) is 20.3 Å². The van der Waals surface area contributed by atoms with Crippen LogP contribution in [0.1, 0.15) is 32.1 Å². The molecule has 11 nitrogen and oxygen atoms in total. The van der Waals surface area contributed by atoms with Crippen molar-refractivity contribution < 1.29 is 14.3 Å². The SMILES string of the molecule is Cc1cnc(C(=O)N2CCc3c(-c4cn(C)c(=O)c(Nc5ccc(C(=O)N6CCOCC6)cc5)n4)cccc32)cn1. The topological polar surface area (TPSA) is 123 Å². The fourth-order valence-corrected chi connectivity index (χ4v) is 5.13. The van der Waals surface area contributed by atoms with E-state index in [1.54, 1.807) is 53.5 Å². The van der Waals surface area contributed by atoms with E-state index >= 15 is 0 Å². The number of hydrogen-bond donors (Lipinski definition) is 1. The third-order valence-electron chi connectivity index (χ3n) is 7.31. The molecule has 11 heteroatoms. The Kier molecular flexibility index (Phi) is 7.02. The van der Waals surface area contributed by atoms with Gasteiger partial charge in [0.25, 0.3) is 17.4 Å². The third-order valence-corrected chi connectivity index (χ3v) is 7.31. The Morgan fingerprint density at radius 2 is 1.73 bits per heavy atom. The highest BCUT2D eigenvalue weighted by Gasteiger charge is 2.29. The molecule has 6 rings (SSSR count). The molecular formula is C30H29N7O4. The van der Waals surface area contributed by atoms with Gasteiger partial charge < -0.3 is 24.4 Å². The Balaban J connectivity index is 1.26. The maximum atomic E-state index is 13.2. The lowest BCUT2D eigenvalue weighted by molar-refractivity contribution is 0.0303. The molecule has 4 aromatic rings. The van der Waals surface area contributed by atoms with Gasteiger partial charge in [0, 0.05) is 61.6 Å². The molecule has 0 bridgehead atoms. The lowest BCUT2D eigenvalue weighted by atomic mass is 10.0. The van der Waals surface area contributed by atoms with Crippen molar-refractivity contribution in [1.82, 2.24) is 24.4 Å². The molecular weight excluding hydrogens is 522 g/mol. The maximum absolute atomic E-state index is 13.2. The minimum Gasteiger partial charge on any atom is -0.378 e. The van der Waals surface area contributed by atoms with E-state index < -0.39 is 0 Å². The van der Waals surface area contributed by atoms with Crippen LogP contribution in [0.5, 0.6) is 0 Å². The van der Waals surface area contributed by atoms with E-state index in [-0.39, 0.29) is 23.2 Å². The first-order chi connectivity index (χ1) is 19.9. The fourth-order valence-electron chi connectivity index (χ4n) is 5.13. The second kappa shape index (κ2) is 10.9. The molecule has 2 aliphatic rings. The van der Waals surface area contributed by atoms with E-state index in [0.29, 0.717) is 61.9 Å². The Bertz CT molecular complexity index is 1680. The van der Waals surface area contributed by atoms with Crippen molar-refractivity contribution in [3.63, 3.8) is 0 Å². The molecule has 2 aromatic heterocycles. The summed E-state index contributed by atoms with van der Waals surface area (Å²) in [6.07, 6.45) is 5.42. The summed E-state index contributed by atoms with van der Waals surface area (Å²) in [6, 6.07) is 12.7. The number of nitrogens with zero attached hydrogens (tertiary/aromatic N) is 6. The van der Waals surface area contributed by atoms with Crippen molar-refractivity contribution in [2.75, 3.05) is 43.1 Å². The number of amides is 2. The van der Waals surface area contributed by atoms with E-state index in [1.807, 2.05) is 25.1 Å². The summed E-state index contributed by atoms with van der Waals surface area (Å²) in [4.78, 5) is 55.6. The molecule has 41 heavy (non-hydrogen) atoms. The first-order valence-corrected chi connectivity index (χ1v) is 13.4. The Morgan fingerprint density at radius 1 is 0.951 bits per heavy atom. The number of carbonyl (C=O) groups excluding carboxylic acids is 2. The van der Waals surface area contributed by atoms with Crippen LogP contribution in [-0.2, 0) is 18.2 Å². The third kappa shape index (κ3) is 5.19. The van der Waals surface area contributed by atoms with Crippen LogP contribution in [0.3, 0.4) is 0 Å². The molecule has 0 saturated carbocycles. The molecule has 4 heterocycles. The molecule has 0 radical (unpaired) electrons. The highest BCUT2D eigenvalue weighted by Crippen LogP contribution is 2.36. The van der Waals surface area contributed by atoms with Gasteiger partial charge in [-0.15, -0.1) is 0 Å². The van der Waals surface area contributed by atoms with Crippen LogP contribution in [0.2, 0.25) is 0 Å². The molecule has 1 N–H and O–H groups in total.